The largest absolute Gasteiger partial charge is 0.481 e. The highest BCUT2D eigenvalue weighted by molar-refractivity contribution is 9.11. The van der Waals surface area contributed by atoms with Crippen molar-refractivity contribution in [2.75, 3.05) is 6.61 Å². The van der Waals surface area contributed by atoms with Gasteiger partial charge < -0.3 is 4.74 Å². The average molecular weight is 272 g/mol. The van der Waals surface area contributed by atoms with Crippen molar-refractivity contribution in [2.24, 2.45) is 0 Å². The summed E-state index contributed by atoms with van der Waals surface area (Å²) in [6.07, 6.45) is 0. The molecule has 5 heteroatoms. The summed E-state index contributed by atoms with van der Waals surface area (Å²) in [7, 11) is 0. The number of nitrogens with zero attached hydrogens (tertiary/aromatic N) is 1. The molecule has 4 nitrogen and oxygen atoms in total. The van der Waals surface area contributed by atoms with E-state index < -0.39 is 4.92 Å². The minimum atomic E-state index is -0.467. The number of hydrogen-bond acceptors (Lipinski definition) is 3. The number of nitro groups is 1. The Bertz CT molecular complexity index is 404. The van der Waals surface area contributed by atoms with E-state index in [0.717, 1.165) is 5.56 Å². The topological polar surface area (TPSA) is 52.4 Å². The molecule has 0 unspecified atom stereocenters. The van der Waals surface area contributed by atoms with Crippen molar-refractivity contribution in [3.8, 4) is 5.75 Å². The molecule has 1 aromatic rings. The molecule has 0 N–H and O–H groups in total. The Hall–Kier alpha value is -1.36. The summed E-state index contributed by atoms with van der Waals surface area (Å²) in [6, 6.07) is 4.74. The van der Waals surface area contributed by atoms with Crippen molar-refractivity contribution in [2.45, 2.75) is 6.92 Å². The maximum Gasteiger partial charge on any atom is 0.310 e. The molecule has 0 amide bonds. The molecule has 0 aliphatic rings. The second kappa shape index (κ2) is 4.93. The van der Waals surface area contributed by atoms with Gasteiger partial charge in [-0.25, -0.2) is 0 Å². The van der Waals surface area contributed by atoms with Crippen LogP contribution in [0.5, 0.6) is 5.75 Å². The van der Waals surface area contributed by atoms with Crippen molar-refractivity contribution < 1.29 is 9.66 Å². The molecule has 0 heterocycles. The summed E-state index contributed by atoms with van der Waals surface area (Å²) in [4.78, 5) is 10.2. The van der Waals surface area contributed by atoms with Crippen LogP contribution in [0.4, 0.5) is 5.69 Å². The van der Waals surface area contributed by atoms with Gasteiger partial charge in [-0.05, 0) is 18.6 Å². The lowest BCUT2D eigenvalue weighted by atomic mass is 10.2. The molecule has 0 radical (unpaired) electrons. The Labute approximate surface area is 95.8 Å². The maximum absolute atomic E-state index is 10.7. The standard InChI is InChI=1S/C10H10BrNO3/c1-7-3-4-9(12(13)14)10(5-7)15-6-8(2)11/h3-5H,2,6H2,1H3. The van der Waals surface area contributed by atoms with E-state index in [9.17, 15) is 10.1 Å². The van der Waals surface area contributed by atoms with Crippen LogP contribution in [0.25, 0.3) is 0 Å². The lowest BCUT2D eigenvalue weighted by Crippen LogP contribution is -2.00. The van der Waals surface area contributed by atoms with E-state index >= 15 is 0 Å². The minimum absolute atomic E-state index is 0.0330. The first kappa shape index (κ1) is 11.7. The molecule has 15 heavy (non-hydrogen) atoms. The Morgan fingerprint density at radius 1 is 1.67 bits per heavy atom. The maximum atomic E-state index is 10.7. The van der Waals surface area contributed by atoms with E-state index in [2.05, 4.69) is 22.5 Å². The van der Waals surface area contributed by atoms with Gasteiger partial charge in [0.1, 0.15) is 6.61 Å². The third-order valence-corrected chi connectivity index (χ3v) is 1.93. The summed E-state index contributed by atoms with van der Waals surface area (Å²) in [5, 5.41) is 10.7. The van der Waals surface area contributed by atoms with Gasteiger partial charge in [-0.2, -0.15) is 0 Å². The highest BCUT2D eigenvalue weighted by Gasteiger charge is 2.14. The van der Waals surface area contributed by atoms with Gasteiger partial charge in [-0.3, -0.25) is 10.1 Å². The summed E-state index contributed by atoms with van der Waals surface area (Å²) in [5.41, 5.74) is 0.880. The van der Waals surface area contributed by atoms with Gasteiger partial charge in [0.2, 0.25) is 0 Å². The Kier molecular flexibility index (Phi) is 3.85. The fourth-order valence-corrected chi connectivity index (χ4v) is 1.16. The molecule has 0 atom stereocenters. The van der Waals surface area contributed by atoms with E-state index in [0.29, 0.717) is 4.48 Å². The molecule has 0 fully saturated rings. The predicted molar refractivity (Wildman–Crippen MR) is 61.4 cm³/mol. The molecule has 0 spiro atoms. The molecule has 0 aromatic heterocycles. The van der Waals surface area contributed by atoms with Crippen LogP contribution in [0.2, 0.25) is 0 Å². The van der Waals surface area contributed by atoms with E-state index in [1.54, 1.807) is 12.1 Å². The minimum Gasteiger partial charge on any atom is -0.481 e. The van der Waals surface area contributed by atoms with Gasteiger partial charge in [0.25, 0.3) is 0 Å². The van der Waals surface area contributed by atoms with Crippen LogP contribution in [0.1, 0.15) is 5.56 Å². The second-order valence-corrected chi connectivity index (χ2v) is 4.16. The number of benzene rings is 1. The van der Waals surface area contributed by atoms with Crippen LogP contribution in [0.15, 0.2) is 29.3 Å². The fourth-order valence-electron chi connectivity index (χ4n) is 1.04. The Morgan fingerprint density at radius 3 is 2.87 bits per heavy atom. The first-order valence-electron chi connectivity index (χ1n) is 4.22. The van der Waals surface area contributed by atoms with Crippen LogP contribution in [0, 0.1) is 17.0 Å². The zero-order valence-electron chi connectivity index (χ0n) is 8.20. The van der Waals surface area contributed by atoms with E-state index in [4.69, 9.17) is 4.74 Å². The molecule has 0 aliphatic heterocycles. The van der Waals surface area contributed by atoms with E-state index in [-0.39, 0.29) is 18.0 Å². The molecule has 0 aliphatic carbocycles. The Morgan fingerprint density at radius 2 is 2.33 bits per heavy atom. The van der Waals surface area contributed by atoms with Gasteiger partial charge in [-0.15, -0.1) is 0 Å². The van der Waals surface area contributed by atoms with Crippen LogP contribution in [0.3, 0.4) is 0 Å². The number of nitro benzene ring substituents is 1. The highest BCUT2D eigenvalue weighted by Crippen LogP contribution is 2.28. The lowest BCUT2D eigenvalue weighted by molar-refractivity contribution is -0.385. The third-order valence-electron chi connectivity index (χ3n) is 1.70. The molecule has 0 bridgehead atoms. The van der Waals surface area contributed by atoms with Crippen molar-refractivity contribution in [3.63, 3.8) is 0 Å². The third kappa shape index (κ3) is 3.36. The van der Waals surface area contributed by atoms with E-state index in [1.165, 1.54) is 6.07 Å². The SMILES string of the molecule is C=C(Br)COc1cc(C)ccc1[N+](=O)[O-]. The van der Waals surface area contributed by atoms with Gasteiger partial charge in [0.05, 0.1) is 4.92 Å². The second-order valence-electron chi connectivity index (χ2n) is 3.03. The molecular formula is C10H10BrNO3. The highest BCUT2D eigenvalue weighted by atomic mass is 79.9. The zero-order valence-corrected chi connectivity index (χ0v) is 9.78. The normalized spacial score (nSPS) is 9.73. The summed E-state index contributed by atoms with van der Waals surface area (Å²) < 4.78 is 5.89. The molecule has 80 valence electrons. The first-order chi connectivity index (χ1) is 7.00. The van der Waals surface area contributed by atoms with Gasteiger partial charge in [0, 0.05) is 10.5 Å². The van der Waals surface area contributed by atoms with Gasteiger partial charge in [0.15, 0.2) is 5.75 Å². The molecule has 0 saturated carbocycles. The van der Waals surface area contributed by atoms with Gasteiger partial charge >= 0.3 is 5.69 Å². The fraction of sp³-hybridized carbons (Fsp3) is 0.200. The number of ether oxygens (including phenoxy) is 1. The Balaban J connectivity index is 2.96. The van der Waals surface area contributed by atoms with Crippen LogP contribution < -0.4 is 4.74 Å². The monoisotopic (exact) mass is 271 g/mol. The van der Waals surface area contributed by atoms with Crippen molar-refractivity contribution in [3.05, 3.63) is 44.9 Å². The van der Waals surface area contributed by atoms with Crippen molar-refractivity contribution in [1.82, 2.24) is 0 Å². The molecular weight excluding hydrogens is 262 g/mol. The molecule has 1 rings (SSSR count). The van der Waals surface area contributed by atoms with Crippen LogP contribution in [-0.2, 0) is 0 Å². The summed E-state index contributed by atoms with van der Waals surface area (Å²) in [5.74, 6) is 0.264. The number of rotatable bonds is 4. The van der Waals surface area contributed by atoms with Crippen molar-refractivity contribution >= 4 is 21.6 Å². The van der Waals surface area contributed by atoms with Crippen molar-refractivity contribution in [1.29, 1.82) is 0 Å². The lowest BCUT2D eigenvalue weighted by Gasteiger charge is -2.06. The van der Waals surface area contributed by atoms with Crippen LogP contribution >= 0.6 is 15.9 Å². The molecule has 1 aromatic carbocycles. The van der Waals surface area contributed by atoms with E-state index in [1.807, 2.05) is 6.92 Å². The predicted octanol–water partition coefficient (Wildman–Crippen LogP) is 3.19. The van der Waals surface area contributed by atoms with Crippen LogP contribution in [-0.4, -0.2) is 11.5 Å². The number of aryl methyl sites for hydroxylation is 1. The average Bonchev–Trinajstić information content (AvgIpc) is 2.14. The summed E-state index contributed by atoms with van der Waals surface area (Å²) >= 11 is 3.12. The number of hydrogen-bond donors (Lipinski definition) is 0. The molecule has 0 saturated heterocycles. The number of halogens is 1. The van der Waals surface area contributed by atoms with Gasteiger partial charge in [-0.1, -0.05) is 28.6 Å². The zero-order chi connectivity index (χ0) is 11.4. The summed E-state index contributed by atoms with van der Waals surface area (Å²) in [6.45, 7) is 5.65. The first-order valence-corrected chi connectivity index (χ1v) is 5.01. The quantitative estimate of drug-likeness (QED) is 0.624. The smallest absolute Gasteiger partial charge is 0.310 e.